The molecule has 0 heterocycles. The molecule has 0 amide bonds. The van der Waals surface area contributed by atoms with Crippen LogP contribution in [0.25, 0.3) is 0 Å². The number of ether oxygens (including phenoxy) is 2. The second kappa shape index (κ2) is 17.2. The third kappa shape index (κ3) is 14.5. The smallest absolute Gasteiger partial charge is 0.157 e. The molecule has 0 unspecified atom stereocenters. The third-order valence-corrected chi connectivity index (χ3v) is 3.56. The summed E-state index contributed by atoms with van der Waals surface area (Å²) in [5.74, 6) is 0. The van der Waals surface area contributed by atoms with Crippen molar-refractivity contribution in [2.24, 2.45) is 0 Å². The van der Waals surface area contributed by atoms with E-state index in [1.807, 2.05) is 0 Å². The monoisotopic (exact) mass is 348 g/mol. The van der Waals surface area contributed by atoms with E-state index in [4.69, 9.17) is 9.47 Å². The molecule has 0 aromatic carbocycles. The molecule has 0 aliphatic rings. The van der Waals surface area contributed by atoms with Gasteiger partial charge in [0.15, 0.2) is 6.29 Å². The topological polar surface area (TPSA) is 18.5 Å². The van der Waals surface area contributed by atoms with Gasteiger partial charge in [-0.25, -0.2) is 0 Å². The van der Waals surface area contributed by atoms with Gasteiger partial charge in [-0.3, -0.25) is 0 Å². The van der Waals surface area contributed by atoms with E-state index in [9.17, 15) is 0 Å². The zero-order chi connectivity index (χ0) is 14.9. The van der Waals surface area contributed by atoms with Gasteiger partial charge in [-0.2, -0.15) is 0 Å². The summed E-state index contributed by atoms with van der Waals surface area (Å²) < 4.78 is 11.4. The molecule has 0 bridgehead atoms. The molecule has 0 fully saturated rings. The normalized spacial score (nSPS) is 11.8. The zero-order valence-electron chi connectivity index (χ0n) is 13.4. The number of hydrogen-bond acceptors (Lipinski definition) is 2. The highest BCUT2D eigenvalue weighted by atomic mass is 79.9. The predicted molar refractivity (Wildman–Crippen MR) is 91.5 cm³/mol. The Bertz CT molecular complexity index is 199. The summed E-state index contributed by atoms with van der Waals surface area (Å²) in [7, 11) is 0. The molecule has 120 valence electrons. The van der Waals surface area contributed by atoms with Crippen LogP contribution >= 0.6 is 15.9 Å². The highest BCUT2D eigenvalue weighted by Crippen LogP contribution is 2.11. The molecule has 3 heteroatoms. The molecule has 2 nitrogen and oxygen atoms in total. The van der Waals surface area contributed by atoms with Crippen molar-refractivity contribution in [2.45, 2.75) is 77.9 Å². The van der Waals surface area contributed by atoms with Gasteiger partial charge >= 0.3 is 0 Å². The number of allylic oxidation sites excluding steroid dienone is 2. The molecule has 0 spiro atoms. The van der Waals surface area contributed by atoms with E-state index in [1.165, 1.54) is 38.5 Å². The van der Waals surface area contributed by atoms with Crippen LogP contribution in [0.2, 0.25) is 0 Å². The van der Waals surface area contributed by atoms with Crippen molar-refractivity contribution in [1.29, 1.82) is 0 Å². The molecule has 0 radical (unpaired) electrons. The molecule has 0 atom stereocenters. The van der Waals surface area contributed by atoms with Crippen LogP contribution in [0.15, 0.2) is 12.2 Å². The van der Waals surface area contributed by atoms with Gasteiger partial charge in [0, 0.05) is 18.5 Å². The van der Waals surface area contributed by atoms with E-state index >= 15 is 0 Å². The number of hydrogen-bond donors (Lipinski definition) is 0. The second-order valence-electron chi connectivity index (χ2n) is 5.11. The Balaban J connectivity index is 3.49. The fourth-order valence-electron chi connectivity index (χ4n) is 1.89. The molecule has 0 rings (SSSR count). The molecule has 0 aliphatic carbocycles. The molecule has 0 aromatic rings. The van der Waals surface area contributed by atoms with Gasteiger partial charge in [0.1, 0.15) is 0 Å². The predicted octanol–water partition coefficient (Wildman–Crippen LogP) is 5.85. The average molecular weight is 349 g/mol. The maximum atomic E-state index is 5.72. The van der Waals surface area contributed by atoms with Gasteiger partial charge in [0.05, 0.1) is 0 Å². The van der Waals surface area contributed by atoms with Gasteiger partial charge < -0.3 is 9.47 Å². The van der Waals surface area contributed by atoms with Gasteiger partial charge in [-0.05, 0) is 51.4 Å². The molecule has 0 saturated heterocycles. The van der Waals surface area contributed by atoms with Gasteiger partial charge in [0.2, 0.25) is 0 Å². The van der Waals surface area contributed by atoms with E-state index in [0.29, 0.717) is 0 Å². The van der Waals surface area contributed by atoms with Crippen molar-refractivity contribution in [3.05, 3.63) is 12.2 Å². The van der Waals surface area contributed by atoms with Gasteiger partial charge in [-0.1, -0.05) is 48.4 Å². The van der Waals surface area contributed by atoms with E-state index < -0.39 is 0 Å². The van der Waals surface area contributed by atoms with Crippen molar-refractivity contribution in [3.63, 3.8) is 0 Å². The standard InChI is InChI=1S/C17H33BrO2/c1-3-15-19-17(20-16-4-2)13-11-9-7-5-6-8-10-12-14-18/h6,8,17H,3-5,7,9-16H2,1-2H3/b8-6+. The first-order valence-electron chi connectivity index (χ1n) is 8.29. The lowest BCUT2D eigenvalue weighted by molar-refractivity contribution is -0.146. The van der Waals surface area contributed by atoms with Crippen molar-refractivity contribution >= 4 is 15.9 Å². The number of halogens is 1. The second-order valence-corrected chi connectivity index (χ2v) is 5.90. The Morgan fingerprint density at radius 3 is 2.00 bits per heavy atom. The van der Waals surface area contributed by atoms with Crippen molar-refractivity contribution in [3.8, 4) is 0 Å². The summed E-state index contributed by atoms with van der Waals surface area (Å²) in [5.41, 5.74) is 0. The maximum absolute atomic E-state index is 5.72. The lowest BCUT2D eigenvalue weighted by Gasteiger charge is -2.17. The summed E-state index contributed by atoms with van der Waals surface area (Å²) >= 11 is 3.44. The van der Waals surface area contributed by atoms with Gasteiger partial charge in [-0.15, -0.1) is 0 Å². The van der Waals surface area contributed by atoms with E-state index in [0.717, 1.165) is 37.8 Å². The Kier molecular flexibility index (Phi) is 17.3. The van der Waals surface area contributed by atoms with Crippen molar-refractivity contribution < 1.29 is 9.47 Å². The number of unbranched alkanes of at least 4 members (excludes halogenated alkanes) is 4. The minimum absolute atomic E-state index is 0.0179. The van der Waals surface area contributed by atoms with Crippen LogP contribution in [-0.2, 0) is 9.47 Å². The van der Waals surface area contributed by atoms with Crippen molar-refractivity contribution in [1.82, 2.24) is 0 Å². The molecule has 20 heavy (non-hydrogen) atoms. The van der Waals surface area contributed by atoms with E-state index in [2.05, 4.69) is 41.9 Å². The lowest BCUT2D eigenvalue weighted by Crippen LogP contribution is -2.18. The zero-order valence-corrected chi connectivity index (χ0v) is 15.0. The Hall–Kier alpha value is 0.140. The van der Waals surface area contributed by atoms with Crippen molar-refractivity contribution in [2.75, 3.05) is 18.5 Å². The average Bonchev–Trinajstić information content (AvgIpc) is 2.47. The van der Waals surface area contributed by atoms with E-state index in [1.54, 1.807) is 0 Å². The quantitative estimate of drug-likeness (QED) is 0.160. The van der Waals surface area contributed by atoms with Crippen LogP contribution in [0.4, 0.5) is 0 Å². The molecule has 0 saturated carbocycles. The van der Waals surface area contributed by atoms with Crippen LogP contribution in [0, 0.1) is 0 Å². The summed E-state index contributed by atoms with van der Waals surface area (Å²) in [6.07, 6.45) is 15.2. The highest BCUT2D eigenvalue weighted by molar-refractivity contribution is 9.09. The van der Waals surface area contributed by atoms with Crippen LogP contribution in [-0.4, -0.2) is 24.8 Å². The maximum Gasteiger partial charge on any atom is 0.157 e. The minimum Gasteiger partial charge on any atom is -0.353 e. The Morgan fingerprint density at radius 2 is 1.45 bits per heavy atom. The van der Waals surface area contributed by atoms with Gasteiger partial charge in [0.25, 0.3) is 0 Å². The first kappa shape index (κ1) is 20.1. The Morgan fingerprint density at radius 1 is 0.850 bits per heavy atom. The lowest BCUT2D eigenvalue weighted by atomic mass is 10.1. The summed E-state index contributed by atoms with van der Waals surface area (Å²) in [4.78, 5) is 0. The van der Waals surface area contributed by atoms with Crippen LogP contribution in [0.3, 0.4) is 0 Å². The fourth-order valence-corrected chi connectivity index (χ4v) is 2.22. The molecule has 0 N–H and O–H groups in total. The summed E-state index contributed by atoms with van der Waals surface area (Å²) in [6.45, 7) is 5.90. The number of alkyl halides is 1. The molecular formula is C17H33BrO2. The SMILES string of the molecule is CCCOC(CCCCC/C=C/CCCBr)OCCC. The van der Waals surface area contributed by atoms with Crippen LogP contribution in [0.5, 0.6) is 0 Å². The first-order chi connectivity index (χ1) is 9.85. The van der Waals surface area contributed by atoms with Crippen LogP contribution in [0.1, 0.15) is 71.6 Å². The summed E-state index contributed by atoms with van der Waals surface area (Å²) in [6, 6.07) is 0. The van der Waals surface area contributed by atoms with Crippen LogP contribution < -0.4 is 0 Å². The Labute approximate surface area is 134 Å². The fraction of sp³-hybridized carbons (Fsp3) is 0.882. The van der Waals surface area contributed by atoms with E-state index in [-0.39, 0.29) is 6.29 Å². The first-order valence-corrected chi connectivity index (χ1v) is 9.41. The molecular weight excluding hydrogens is 316 g/mol. The highest BCUT2D eigenvalue weighted by Gasteiger charge is 2.07. The third-order valence-electron chi connectivity index (χ3n) is 3.00. The summed E-state index contributed by atoms with van der Waals surface area (Å²) in [5, 5.41) is 1.11. The minimum atomic E-state index is 0.0179. The molecule has 0 aromatic heterocycles. The number of rotatable bonds is 15. The molecule has 0 aliphatic heterocycles. The largest absolute Gasteiger partial charge is 0.353 e.